The van der Waals surface area contributed by atoms with Gasteiger partial charge in [0.15, 0.2) is 5.69 Å². The number of nitrogens with one attached hydrogen (secondary N) is 1. The molecule has 3 N–H and O–H groups in total. The molecule has 0 aromatic carbocycles. The second kappa shape index (κ2) is 7.76. The zero-order valence-electron chi connectivity index (χ0n) is 16.2. The van der Waals surface area contributed by atoms with E-state index in [2.05, 4.69) is 10.3 Å². The van der Waals surface area contributed by atoms with Gasteiger partial charge in [-0.05, 0) is 43.6 Å². The van der Waals surface area contributed by atoms with Crippen LogP contribution in [0.15, 0.2) is 12.1 Å². The fourth-order valence-corrected chi connectivity index (χ4v) is 3.65. The van der Waals surface area contributed by atoms with Crippen LogP contribution < -0.4 is 20.7 Å². The highest BCUT2D eigenvalue weighted by molar-refractivity contribution is 5.98. The van der Waals surface area contributed by atoms with E-state index in [-0.39, 0.29) is 31.1 Å². The van der Waals surface area contributed by atoms with E-state index >= 15 is 0 Å². The van der Waals surface area contributed by atoms with E-state index in [0.717, 1.165) is 25.7 Å². The smallest absolute Gasteiger partial charge is 0.272 e. The Hall–Kier alpha value is -2.45. The van der Waals surface area contributed by atoms with Gasteiger partial charge in [-0.2, -0.15) is 0 Å². The summed E-state index contributed by atoms with van der Waals surface area (Å²) in [6, 6.07) is 3.22. The molecule has 0 radical (unpaired) electrons. The first-order valence-corrected chi connectivity index (χ1v) is 10.2. The summed E-state index contributed by atoms with van der Waals surface area (Å²) in [5, 5.41) is 2.72. The first-order valence-electron chi connectivity index (χ1n) is 10.2. The minimum absolute atomic E-state index is 0.0371. The van der Waals surface area contributed by atoms with Gasteiger partial charge in [0, 0.05) is 25.6 Å². The topological polar surface area (TPSA) is 97.5 Å². The first-order chi connectivity index (χ1) is 13.8. The number of amides is 2. The van der Waals surface area contributed by atoms with Crippen LogP contribution in [-0.4, -0.2) is 49.0 Å². The number of rotatable bonds is 9. The molecule has 4 rings (SSSR count). The zero-order valence-corrected chi connectivity index (χ0v) is 16.2. The van der Waals surface area contributed by atoms with Gasteiger partial charge in [0.25, 0.3) is 11.8 Å². The lowest BCUT2D eigenvalue weighted by atomic mass is 10.0. The van der Waals surface area contributed by atoms with Crippen molar-refractivity contribution in [3.05, 3.63) is 17.8 Å². The van der Waals surface area contributed by atoms with Crippen molar-refractivity contribution < 1.29 is 23.1 Å². The number of hydrogen-bond donors (Lipinski definition) is 2. The number of hydrogen-bond acceptors (Lipinski definition) is 5. The van der Waals surface area contributed by atoms with Crippen molar-refractivity contribution in [1.82, 2.24) is 10.3 Å². The zero-order chi connectivity index (χ0) is 20.6. The molecule has 2 aliphatic carbocycles. The summed E-state index contributed by atoms with van der Waals surface area (Å²) in [6.45, 7) is 0.330. The van der Waals surface area contributed by atoms with Crippen LogP contribution in [0.1, 0.15) is 42.6 Å². The molecule has 1 aromatic heterocycles. The highest BCUT2D eigenvalue weighted by Gasteiger charge is 2.40. The number of pyridine rings is 1. The van der Waals surface area contributed by atoms with Gasteiger partial charge in [-0.25, -0.2) is 13.8 Å². The summed E-state index contributed by atoms with van der Waals surface area (Å²) in [5.41, 5.74) is 5.83. The van der Waals surface area contributed by atoms with Crippen molar-refractivity contribution >= 4 is 17.5 Å². The number of anilines is 1. The van der Waals surface area contributed by atoms with Gasteiger partial charge in [0.05, 0.1) is 24.8 Å². The van der Waals surface area contributed by atoms with Crippen LogP contribution in [0.2, 0.25) is 0 Å². The summed E-state index contributed by atoms with van der Waals surface area (Å²) in [7, 11) is 0. The van der Waals surface area contributed by atoms with Gasteiger partial charge < -0.3 is 20.7 Å². The van der Waals surface area contributed by atoms with Gasteiger partial charge in [-0.1, -0.05) is 0 Å². The van der Waals surface area contributed by atoms with Crippen molar-refractivity contribution in [2.45, 2.75) is 38.0 Å². The van der Waals surface area contributed by atoms with Crippen LogP contribution >= 0.6 is 0 Å². The molecule has 9 heteroatoms. The van der Waals surface area contributed by atoms with E-state index in [1.807, 2.05) is 0 Å². The predicted octanol–water partition coefficient (Wildman–Crippen LogP) is 1.96. The minimum Gasteiger partial charge on any atom is -0.477 e. The molecule has 29 heavy (non-hydrogen) atoms. The first kappa shape index (κ1) is 19.8. The van der Waals surface area contributed by atoms with Crippen molar-refractivity contribution in [3.63, 3.8) is 0 Å². The Labute approximate surface area is 168 Å². The molecule has 1 aliphatic heterocycles. The molecule has 2 heterocycles. The third-order valence-corrected chi connectivity index (χ3v) is 5.78. The largest absolute Gasteiger partial charge is 0.477 e. The number of aromatic nitrogens is 1. The molecule has 3 fully saturated rings. The van der Waals surface area contributed by atoms with E-state index in [9.17, 15) is 18.4 Å². The van der Waals surface area contributed by atoms with Crippen LogP contribution in [0.5, 0.6) is 5.88 Å². The molecule has 0 spiro atoms. The fraction of sp³-hybridized carbons (Fsp3) is 0.650. The SMILES string of the molecule is NC(=O)[C@H](CNC(=O)c1nc(OCC2CC2)ccc1N1CCC(F)(F)C1)C1CC1. The summed E-state index contributed by atoms with van der Waals surface area (Å²) in [6.07, 6.45) is 3.80. The maximum atomic E-state index is 13.7. The standard InChI is InChI=1S/C20H26F2N4O3/c21-20(22)7-8-26(11-20)15-5-6-16(29-10-12-1-2-12)25-17(15)19(28)24-9-14(18(23)27)13-3-4-13/h5-6,12-14H,1-4,7-11H2,(H2,23,27)(H,24,28)/t14-/m1/s1. The quantitative estimate of drug-likeness (QED) is 0.651. The van der Waals surface area contributed by atoms with E-state index < -0.39 is 30.2 Å². The third-order valence-electron chi connectivity index (χ3n) is 5.78. The van der Waals surface area contributed by atoms with E-state index in [0.29, 0.717) is 24.1 Å². The van der Waals surface area contributed by atoms with Gasteiger partial charge in [0.1, 0.15) is 0 Å². The second-order valence-electron chi connectivity index (χ2n) is 8.36. The number of nitrogens with zero attached hydrogens (tertiary/aromatic N) is 2. The minimum atomic E-state index is -2.79. The van der Waals surface area contributed by atoms with Crippen molar-refractivity contribution in [3.8, 4) is 5.88 Å². The molecule has 2 amide bonds. The molecular formula is C20H26F2N4O3. The highest BCUT2D eigenvalue weighted by Crippen LogP contribution is 2.37. The normalized spacial score (nSPS) is 21.7. The summed E-state index contributed by atoms with van der Waals surface area (Å²) in [4.78, 5) is 30.3. The maximum absolute atomic E-state index is 13.7. The Morgan fingerprint density at radius 3 is 2.66 bits per heavy atom. The second-order valence-corrected chi connectivity index (χ2v) is 8.36. The Kier molecular flexibility index (Phi) is 5.31. The number of ether oxygens (including phenoxy) is 1. The van der Waals surface area contributed by atoms with Crippen LogP contribution in [0, 0.1) is 17.8 Å². The number of halogens is 2. The van der Waals surface area contributed by atoms with Crippen LogP contribution in [-0.2, 0) is 4.79 Å². The lowest BCUT2D eigenvalue weighted by Gasteiger charge is -2.22. The molecule has 7 nitrogen and oxygen atoms in total. The monoisotopic (exact) mass is 408 g/mol. The number of carbonyl (C=O) groups is 2. The summed E-state index contributed by atoms with van der Waals surface area (Å²) in [5.74, 6) is -3.16. The third kappa shape index (κ3) is 4.94. The Morgan fingerprint density at radius 1 is 1.31 bits per heavy atom. The van der Waals surface area contributed by atoms with Crippen LogP contribution in [0.4, 0.5) is 14.5 Å². The van der Waals surface area contributed by atoms with Crippen molar-refractivity contribution in [1.29, 1.82) is 0 Å². The lowest BCUT2D eigenvalue weighted by Crippen LogP contribution is -2.38. The molecule has 3 aliphatic rings. The number of carbonyl (C=O) groups excluding carboxylic acids is 2. The Morgan fingerprint density at radius 2 is 2.07 bits per heavy atom. The molecular weight excluding hydrogens is 382 g/mol. The number of nitrogens with two attached hydrogens (primary N) is 1. The molecule has 1 atom stereocenters. The van der Waals surface area contributed by atoms with Crippen molar-refractivity contribution in [2.24, 2.45) is 23.5 Å². The van der Waals surface area contributed by atoms with Gasteiger partial charge >= 0.3 is 0 Å². The van der Waals surface area contributed by atoms with Crippen LogP contribution in [0.3, 0.4) is 0 Å². The Balaban J connectivity index is 1.51. The summed E-state index contributed by atoms with van der Waals surface area (Å²) < 4.78 is 33.1. The van der Waals surface area contributed by atoms with Crippen LogP contribution in [0.25, 0.3) is 0 Å². The molecule has 158 valence electrons. The predicted molar refractivity (Wildman–Crippen MR) is 102 cm³/mol. The highest BCUT2D eigenvalue weighted by atomic mass is 19.3. The molecule has 2 saturated carbocycles. The molecule has 0 unspecified atom stereocenters. The molecule has 1 saturated heterocycles. The van der Waals surface area contributed by atoms with Crippen molar-refractivity contribution in [2.75, 3.05) is 31.1 Å². The maximum Gasteiger partial charge on any atom is 0.272 e. The molecule has 1 aromatic rings. The van der Waals surface area contributed by atoms with Gasteiger partial charge in [0.2, 0.25) is 11.8 Å². The average Bonchev–Trinajstić information content (AvgIpc) is 3.59. The molecule has 0 bridgehead atoms. The fourth-order valence-electron chi connectivity index (χ4n) is 3.65. The van der Waals surface area contributed by atoms with E-state index in [1.165, 1.54) is 4.90 Å². The number of alkyl halides is 2. The van der Waals surface area contributed by atoms with E-state index in [1.54, 1.807) is 12.1 Å². The summed E-state index contributed by atoms with van der Waals surface area (Å²) >= 11 is 0. The number of primary amides is 1. The lowest BCUT2D eigenvalue weighted by molar-refractivity contribution is -0.122. The van der Waals surface area contributed by atoms with E-state index in [4.69, 9.17) is 10.5 Å². The van der Waals surface area contributed by atoms with Gasteiger partial charge in [-0.3, -0.25) is 9.59 Å². The van der Waals surface area contributed by atoms with Gasteiger partial charge in [-0.15, -0.1) is 0 Å². The average molecular weight is 408 g/mol. The Bertz CT molecular complexity index is 796.